The van der Waals surface area contributed by atoms with E-state index in [4.69, 9.17) is 11.2 Å². The van der Waals surface area contributed by atoms with E-state index in [1.807, 2.05) is 0 Å². The lowest BCUT2D eigenvalue weighted by Crippen LogP contribution is -2.43. The molecule has 3 heterocycles. The third kappa shape index (κ3) is 1.58. The number of ether oxygens (including phenoxy) is 1. The molecule has 0 bridgehead atoms. The molecule has 0 N–H and O–H groups in total. The van der Waals surface area contributed by atoms with Gasteiger partial charge in [-0.1, -0.05) is 30.2 Å². The number of fused-ring (bicyclic) bond motifs is 3. The van der Waals surface area contributed by atoms with E-state index in [1.165, 1.54) is 16.1 Å². The van der Waals surface area contributed by atoms with Gasteiger partial charge in [-0.05, 0) is 29.5 Å². The summed E-state index contributed by atoms with van der Waals surface area (Å²) in [5.41, 5.74) is 2.47. The second-order valence-corrected chi connectivity index (χ2v) is 6.74. The molecule has 2 aliphatic heterocycles. The van der Waals surface area contributed by atoms with Gasteiger partial charge in [-0.25, -0.2) is 0 Å². The number of hydrogen-bond acceptors (Lipinski definition) is 3. The number of nitrogens with zero attached hydrogens (tertiary/aromatic N) is 1. The van der Waals surface area contributed by atoms with Crippen LogP contribution in [0.15, 0.2) is 41.8 Å². The maximum atomic E-state index is 6.09. The van der Waals surface area contributed by atoms with Crippen LogP contribution in [0.25, 0.3) is 0 Å². The molecule has 4 rings (SSSR count). The Morgan fingerprint density at radius 2 is 2.24 bits per heavy atom. The zero-order valence-electron chi connectivity index (χ0n) is 12.0. The van der Waals surface area contributed by atoms with Gasteiger partial charge in [-0.2, -0.15) is 0 Å². The minimum absolute atomic E-state index is 0.0399. The van der Waals surface area contributed by atoms with Gasteiger partial charge < -0.3 is 9.64 Å². The second-order valence-electron chi connectivity index (χ2n) is 5.76. The van der Waals surface area contributed by atoms with E-state index in [-0.39, 0.29) is 17.6 Å². The Balaban J connectivity index is 1.94. The number of thiophene rings is 1. The highest BCUT2D eigenvalue weighted by Gasteiger charge is 2.58. The zero-order chi connectivity index (χ0) is 14.4. The van der Waals surface area contributed by atoms with Crippen LogP contribution in [0.2, 0.25) is 0 Å². The number of hydrogen-bond donors (Lipinski definition) is 0. The Morgan fingerprint density at radius 1 is 1.38 bits per heavy atom. The maximum absolute atomic E-state index is 6.09. The Labute approximate surface area is 129 Å². The van der Waals surface area contributed by atoms with Gasteiger partial charge in [0, 0.05) is 17.6 Å². The first-order valence-electron chi connectivity index (χ1n) is 7.22. The highest BCUT2D eigenvalue weighted by molar-refractivity contribution is 7.10. The first-order chi connectivity index (χ1) is 10.3. The molecular formula is C18H17NOS. The van der Waals surface area contributed by atoms with Gasteiger partial charge in [0.2, 0.25) is 0 Å². The van der Waals surface area contributed by atoms with Gasteiger partial charge in [0.05, 0.1) is 17.9 Å². The summed E-state index contributed by atoms with van der Waals surface area (Å²) in [6.45, 7) is 0.771. The molecule has 106 valence electrons. The summed E-state index contributed by atoms with van der Waals surface area (Å²) in [4.78, 5) is 3.51. The van der Waals surface area contributed by atoms with Crippen molar-refractivity contribution in [2.45, 2.75) is 24.0 Å². The van der Waals surface area contributed by atoms with Crippen molar-refractivity contribution in [2.75, 3.05) is 18.6 Å². The SMILES string of the molecule is C#CC(c1cccs1)C12CCOC1N(C)c1ccccc12. The summed E-state index contributed by atoms with van der Waals surface area (Å²) >= 11 is 1.75. The van der Waals surface area contributed by atoms with Crippen molar-refractivity contribution < 1.29 is 4.74 Å². The van der Waals surface area contributed by atoms with E-state index in [2.05, 4.69) is 59.6 Å². The Morgan fingerprint density at radius 3 is 3.00 bits per heavy atom. The largest absolute Gasteiger partial charge is 0.357 e. The van der Waals surface area contributed by atoms with Crippen molar-refractivity contribution in [3.05, 3.63) is 52.2 Å². The fourth-order valence-electron chi connectivity index (χ4n) is 4.02. The number of rotatable bonds is 2. The lowest BCUT2D eigenvalue weighted by atomic mass is 9.69. The van der Waals surface area contributed by atoms with E-state index < -0.39 is 0 Å². The van der Waals surface area contributed by atoms with Crippen molar-refractivity contribution in [3.63, 3.8) is 0 Å². The molecule has 0 saturated carbocycles. The molecule has 2 nitrogen and oxygen atoms in total. The van der Waals surface area contributed by atoms with Gasteiger partial charge >= 0.3 is 0 Å². The molecule has 3 unspecified atom stereocenters. The summed E-state index contributed by atoms with van der Waals surface area (Å²) in [7, 11) is 2.11. The highest BCUT2D eigenvalue weighted by Crippen LogP contribution is 2.57. The van der Waals surface area contributed by atoms with Gasteiger partial charge in [0.1, 0.15) is 6.23 Å². The smallest absolute Gasteiger partial charge is 0.141 e. The molecule has 1 aromatic heterocycles. The molecule has 2 aromatic rings. The van der Waals surface area contributed by atoms with Crippen LogP contribution in [0, 0.1) is 12.3 Å². The molecule has 1 fully saturated rings. The van der Waals surface area contributed by atoms with Crippen LogP contribution in [0.1, 0.15) is 22.8 Å². The van der Waals surface area contributed by atoms with Crippen LogP contribution in [-0.4, -0.2) is 19.9 Å². The van der Waals surface area contributed by atoms with E-state index in [0.29, 0.717) is 0 Å². The average Bonchev–Trinajstić information content (AvgIpc) is 3.21. The van der Waals surface area contributed by atoms with Crippen molar-refractivity contribution in [2.24, 2.45) is 0 Å². The predicted molar refractivity (Wildman–Crippen MR) is 86.8 cm³/mol. The molecular weight excluding hydrogens is 278 g/mol. The van der Waals surface area contributed by atoms with Crippen molar-refractivity contribution >= 4 is 17.0 Å². The first-order valence-corrected chi connectivity index (χ1v) is 8.10. The topological polar surface area (TPSA) is 12.5 Å². The minimum Gasteiger partial charge on any atom is -0.357 e. The fraction of sp³-hybridized carbons (Fsp3) is 0.333. The van der Waals surface area contributed by atoms with Crippen LogP contribution in [-0.2, 0) is 10.2 Å². The van der Waals surface area contributed by atoms with E-state index >= 15 is 0 Å². The molecule has 0 amide bonds. The van der Waals surface area contributed by atoms with Crippen LogP contribution < -0.4 is 4.90 Å². The lowest BCUT2D eigenvalue weighted by molar-refractivity contribution is 0.0846. The van der Waals surface area contributed by atoms with Crippen LogP contribution in [0.4, 0.5) is 5.69 Å². The molecule has 2 aliphatic rings. The zero-order valence-corrected chi connectivity index (χ0v) is 12.8. The minimum atomic E-state index is -0.120. The van der Waals surface area contributed by atoms with E-state index in [1.54, 1.807) is 11.3 Å². The van der Waals surface area contributed by atoms with Crippen LogP contribution in [0.5, 0.6) is 0 Å². The number of likely N-dealkylation sites (N-methyl/N-ethyl adjacent to an activating group) is 1. The van der Waals surface area contributed by atoms with E-state index in [9.17, 15) is 0 Å². The predicted octanol–water partition coefficient (Wildman–Crippen LogP) is 3.60. The average molecular weight is 295 g/mol. The number of para-hydroxylation sites is 1. The maximum Gasteiger partial charge on any atom is 0.141 e. The van der Waals surface area contributed by atoms with Gasteiger partial charge in [-0.3, -0.25) is 0 Å². The summed E-state index contributed by atoms with van der Waals surface area (Å²) in [6, 6.07) is 12.8. The molecule has 0 aliphatic carbocycles. The van der Waals surface area contributed by atoms with Gasteiger partial charge in [0.15, 0.2) is 0 Å². The Bertz CT molecular complexity index is 702. The van der Waals surface area contributed by atoms with E-state index in [0.717, 1.165) is 13.0 Å². The monoisotopic (exact) mass is 295 g/mol. The Kier molecular flexibility index (Phi) is 2.85. The summed E-state index contributed by atoms with van der Waals surface area (Å²) in [5, 5.41) is 2.10. The van der Waals surface area contributed by atoms with Crippen molar-refractivity contribution in [3.8, 4) is 12.3 Å². The summed E-state index contributed by atoms with van der Waals surface area (Å²) in [6.07, 6.45) is 7.00. The second kappa shape index (κ2) is 4.62. The third-order valence-corrected chi connectivity index (χ3v) is 5.82. The highest BCUT2D eigenvalue weighted by atomic mass is 32.1. The van der Waals surface area contributed by atoms with Gasteiger partial charge in [0.25, 0.3) is 0 Å². The quantitative estimate of drug-likeness (QED) is 0.785. The van der Waals surface area contributed by atoms with Crippen LogP contribution in [0.3, 0.4) is 0 Å². The first kappa shape index (κ1) is 12.9. The molecule has 0 spiro atoms. The molecule has 3 heteroatoms. The molecule has 3 atom stereocenters. The molecule has 0 radical (unpaired) electrons. The number of terminal acetylenes is 1. The molecule has 21 heavy (non-hydrogen) atoms. The third-order valence-electron chi connectivity index (χ3n) is 4.88. The molecule has 1 aromatic carbocycles. The lowest BCUT2D eigenvalue weighted by Gasteiger charge is -2.35. The fourth-order valence-corrected chi connectivity index (χ4v) is 4.91. The standard InChI is InChI=1S/C18H17NOS/c1-3-13(16-9-6-12-21-16)18-10-11-20-17(18)19(2)15-8-5-4-7-14(15)18/h1,4-9,12-13,17H,10-11H2,2H3. The number of anilines is 1. The van der Waals surface area contributed by atoms with Crippen LogP contribution >= 0.6 is 11.3 Å². The normalized spacial score (nSPS) is 28.0. The summed E-state index contributed by atoms with van der Waals surface area (Å²) < 4.78 is 6.09. The van der Waals surface area contributed by atoms with Crippen molar-refractivity contribution in [1.29, 1.82) is 0 Å². The van der Waals surface area contributed by atoms with Gasteiger partial charge in [-0.15, -0.1) is 17.8 Å². The molecule has 1 saturated heterocycles. The Hall–Kier alpha value is -1.76. The van der Waals surface area contributed by atoms with Crippen molar-refractivity contribution in [1.82, 2.24) is 0 Å². The summed E-state index contributed by atoms with van der Waals surface area (Å²) in [5.74, 6) is 3.14. The number of benzene rings is 1.